The van der Waals surface area contributed by atoms with Crippen molar-refractivity contribution in [2.24, 2.45) is 0 Å². The molecule has 0 spiro atoms. The molecule has 0 bridgehead atoms. The van der Waals surface area contributed by atoms with Gasteiger partial charge in [-0.15, -0.1) is 0 Å². The number of carbonyl (C=O) groups is 1. The number of hydrogen-bond acceptors (Lipinski definition) is 3. The Morgan fingerprint density at radius 2 is 1.76 bits per heavy atom. The average Bonchev–Trinajstić information content (AvgIpc) is 2.54. The zero-order valence-electron chi connectivity index (χ0n) is 13.2. The van der Waals surface area contributed by atoms with Crippen LogP contribution in [0.2, 0.25) is 5.02 Å². The molecule has 2 aromatic rings. The lowest BCUT2D eigenvalue weighted by Gasteiger charge is -2.21. The predicted molar refractivity (Wildman–Crippen MR) is 91.0 cm³/mol. The second-order valence-corrected chi connectivity index (χ2v) is 7.32. The Bertz CT molecular complexity index is 873. The van der Waals surface area contributed by atoms with E-state index >= 15 is 0 Å². The zero-order chi connectivity index (χ0) is 18.6. The van der Waals surface area contributed by atoms with Gasteiger partial charge in [0.25, 0.3) is 0 Å². The maximum absolute atomic E-state index is 13.3. The van der Waals surface area contributed by atoms with E-state index in [2.05, 4.69) is 4.72 Å². The van der Waals surface area contributed by atoms with E-state index in [-0.39, 0.29) is 23.7 Å². The molecule has 0 aliphatic heterocycles. The van der Waals surface area contributed by atoms with E-state index < -0.39 is 27.6 Å². The fourth-order valence-corrected chi connectivity index (χ4v) is 3.26. The first kappa shape index (κ1) is 19.3. The van der Waals surface area contributed by atoms with Crippen LogP contribution in [0.5, 0.6) is 0 Å². The molecule has 0 heterocycles. The molecule has 1 N–H and O–H groups in total. The summed E-state index contributed by atoms with van der Waals surface area (Å²) in [7, 11) is -3.78. The minimum Gasteiger partial charge on any atom is -0.311 e. The fraction of sp³-hybridized carbons (Fsp3) is 0.188. The normalized spacial score (nSPS) is 11.4. The molecule has 134 valence electrons. The van der Waals surface area contributed by atoms with Crippen molar-refractivity contribution >= 4 is 33.2 Å². The molecule has 0 aromatic heterocycles. The van der Waals surface area contributed by atoms with Gasteiger partial charge in [0, 0.05) is 36.8 Å². The molecule has 0 aliphatic carbocycles. The molecule has 0 unspecified atom stereocenters. The monoisotopic (exact) mass is 388 g/mol. The van der Waals surface area contributed by atoms with Gasteiger partial charge in [0.2, 0.25) is 15.9 Å². The molecule has 0 radical (unpaired) electrons. The molecular formula is C16H15ClF2N2O3S. The van der Waals surface area contributed by atoms with Crippen molar-refractivity contribution in [3.8, 4) is 0 Å². The number of hydrogen-bond donors (Lipinski definition) is 1. The van der Waals surface area contributed by atoms with Crippen LogP contribution in [0.4, 0.5) is 14.5 Å². The summed E-state index contributed by atoms with van der Waals surface area (Å²) in [6.45, 7) is 1.09. The molecule has 1 amide bonds. The van der Waals surface area contributed by atoms with E-state index in [4.69, 9.17) is 11.6 Å². The maximum atomic E-state index is 13.3. The molecule has 25 heavy (non-hydrogen) atoms. The largest absolute Gasteiger partial charge is 0.311 e. The van der Waals surface area contributed by atoms with Gasteiger partial charge in [0.05, 0.1) is 4.90 Å². The highest BCUT2D eigenvalue weighted by Crippen LogP contribution is 2.18. The third-order valence-corrected chi connectivity index (χ3v) is 5.08. The van der Waals surface area contributed by atoms with E-state index in [0.29, 0.717) is 5.02 Å². The third kappa shape index (κ3) is 4.97. The maximum Gasteiger partial charge on any atom is 0.240 e. The van der Waals surface area contributed by atoms with Crippen LogP contribution in [0.15, 0.2) is 47.4 Å². The minimum atomic E-state index is -3.78. The van der Waals surface area contributed by atoms with Crippen molar-refractivity contribution in [3.63, 3.8) is 0 Å². The molecule has 0 saturated carbocycles. The van der Waals surface area contributed by atoms with Crippen LogP contribution in [0.25, 0.3) is 0 Å². The fourth-order valence-electron chi connectivity index (χ4n) is 2.11. The SMILES string of the molecule is CC(=O)N(CCNS(=O)(=O)c1ccc(Cl)cc1)c1ccc(F)c(F)c1. The summed E-state index contributed by atoms with van der Waals surface area (Å²) in [6.07, 6.45) is 0. The van der Waals surface area contributed by atoms with E-state index in [1.165, 1.54) is 37.3 Å². The van der Waals surface area contributed by atoms with Crippen LogP contribution in [0.1, 0.15) is 6.92 Å². The highest BCUT2D eigenvalue weighted by Gasteiger charge is 2.17. The summed E-state index contributed by atoms with van der Waals surface area (Å²) in [4.78, 5) is 12.9. The summed E-state index contributed by atoms with van der Waals surface area (Å²) in [6, 6.07) is 8.61. The highest BCUT2D eigenvalue weighted by molar-refractivity contribution is 7.89. The number of benzene rings is 2. The standard InChI is InChI=1S/C16H15ClF2N2O3S/c1-11(22)21(13-4-7-15(18)16(19)10-13)9-8-20-25(23,24)14-5-2-12(17)3-6-14/h2-7,10,20H,8-9H2,1H3. The van der Waals surface area contributed by atoms with Crippen molar-refractivity contribution < 1.29 is 22.0 Å². The first-order chi connectivity index (χ1) is 11.7. The number of nitrogens with zero attached hydrogens (tertiary/aromatic N) is 1. The van der Waals surface area contributed by atoms with Gasteiger partial charge in [-0.05, 0) is 36.4 Å². The average molecular weight is 389 g/mol. The van der Waals surface area contributed by atoms with E-state index in [1.54, 1.807) is 0 Å². The number of rotatable bonds is 6. The van der Waals surface area contributed by atoms with Crippen LogP contribution in [0.3, 0.4) is 0 Å². The molecule has 0 saturated heterocycles. The van der Waals surface area contributed by atoms with Crippen LogP contribution in [-0.4, -0.2) is 27.4 Å². The molecular weight excluding hydrogens is 374 g/mol. The van der Waals surface area contributed by atoms with Crippen LogP contribution >= 0.6 is 11.6 Å². The van der Waals surface area contributed by atoms with Gasteiger partial charge in [0.15, 0.2) is 11.6 Å². The highest BCUT2D eigenvalue weighted by atomic mass is 35.5. The molecule has 0 aliphatic rings. The first-order valence-electron chi connectivity index (χ1n) is 7.19. The summed E-state index contributed by atoms with van der Waals surface area (Å²) in [5, 5.41) is 0.403. The Morgan fingerprint density at radius 1 is 1.12 bits per heavy atom. The summed E-state index contributed by atoms with van der Waals surface area (Å²) < 4.78 is 53.0. The minimum absolute atomic E-state index is 0.0269. The van der Waals surface area contributed by atoms with Gasteiger partial charge in [-0.1, -0.05) is 11.6 Å². The van der Waals surface area contributed by atoms with Gasteiger partial charge in [0.1, 0.15) is 0 Å². The van der Waals surface area contributed by atoms with Gasteiger partial charge in [-0.3, -0.25) is 4.79 Å². The van der Waals surface area contributed by atoms with Crippen molar-refractivity contribution in [3.05, 3.63) is 59.1 Å². The number of amides is 1. The molecule has 2 rings (SSSR count). The Labute approximate surface area is 149 Å². The topological polar surface area (TPSA) is 66.5 Å². The first-order valence-corrected chi connectivity index (χ1v) is 9.05. The van der Waals surface area contributed by atoms with E-state index in [1.807, 2.05) is 0 Å². The summed E-state index contributed by atoms with van der Waals surface area (Å²) in [5.41, 5.74) is 0.136. The zero-order valence-corrected chi connectivity index (χ0v) is 14.7. The van der Waals surface area contributed by atoms with Crippen LogP contribution in [-0.2, 0) is 14.8 Å². The van der Waals surface area contributed by atoms with Crippen LogP contribution in [0, 0.1) is 11.6 Å². The Morgan fingerprint density at radius 3 is 2.32 bits per heavy atom. The molecule has 9 heteroatoms. The molecule has 2 aromatic carbocycles. The van der Waals surface area contributed by atoms with Crippen molar-refractivity contribution in [2.75, 3.05) is 18.0 Å². The van der Waals surface area contributed by atoms with E-state index in [0.717, 1.165) is 17.0 Å². The van der Waals surface area contributed by atoms with Crippen molar-refractivity contribution in [1.29, 1.82) is 0 Å². The lowest BCUT2D eigenvalue weighted by molar-refractivity contribution is -0.116. The quantitative estimate of drug-likeness (QED) is 0.827. The lowest BCUT2D eigenvalue weighted by Crippen LogP contribution is -2.37. The van der Waals surface area contributed by atoms with Crippen molar-refractivity contribution in [2.45, 2.75) is 11.8 Å². The Balaban J connectivity index is 2.07. The number of nitrogens with one attached hydrogen (secondary N) is 1. The van der Waals surface area contributed by atoms with Crippen LogP contribution < -0.4 is 9.62 Å². The van der Waals surface area contributed by atoms with Crippen molar-refractivity contribution in [1.82, 2.24) is 4.72 Å². The summed E-state index contributed by atoms with van der Waals surface area (Å²) >= 11 is 5.72. The predicted octanol–water partition coefficient (Wildman–Crippen LogP) is 2.95. The van der Waals surface area contributed by atoms with Gasteiger partial charge in [-0.25, -0.2) is 21.9 Å². The number of sulfonamides is 1. The number of halogens is 3. The van der Waals surface area contributed by atoms with E-state index in [9.17, 15) is 22.0 Å². The van der Waals surface area contributed by atoms with Gasteiger partial charge < -0.3 is 4.90 Å². The molecule has 0 atom stereocenters. The van der Waals surface area contributed by atoms with Gasteiger partial charge in [-0.2, -0.15) is 0 Å². The second-order valence-electron chi connectivity index (χ2n) is 5.12. The van der Waals surface area contributed by atoms with Gasteiger partial charge >= 0.3 is 0 Å². The third-order valence-electron chi connectivity index (χ3n) is 3.35. The second kappa shape index (κ2) is 7.90. The molecule has 0 fully saturated rings. The smallest absolute Gasteiger partial charge is 0.240 e. The molecule has 5 nitrogen and oxygen atoms in total. The summed E-state index contributed by atoms with van der Waals surface area (Å²) in [5.74, 6) is -2.56. The Hall–Kier alpha value is -2.03. The number of anilines is 1. The lowest BCUT2D eigenvalue weighted by atomic mass is 10.2. The number of carbonyl (C=O) groups excluding carboxylic acids is 1. The Kier molecular flexibility index (Phi) is 6.10.